The second-order valence-corrected chi connectivity index (χ2v) is 5.45. The van der Waals surface area contributed by atoms with E-state index in [0.717, 1.165) is 30.2 Å². The summed E-state index contributed by atoms with van der Waals surface area (Å²) < 4.78 is 10.5. The van der Waals surface area contributed by atoms with E-state index in [9.17, 15) is 4.79 Å². The van der Waals surface area contributed by atoms with E-state index >= 15 is 0 Å². The number of fused-ring (bicyclic) bond motifs is 1. The molecule has 0 atom stereocenters. The molecular weight excluding hydrogens is 292 g/mol. The smallest absolute Gasteiger partial charge is 0.251 e. The van der Waals surface area contributed by atoms with Gasteiger partial charge in [0.05, 0.1) is 14.2 Å². The first-order valence-corrected chi connectivity index (χ1v) is 7.53. The van der Waals surface area contributed by atoms with Crippen molar-refractivity contribution in [3.63, 3.8) is 0 Å². The van der Waals surface area contributed by atoms with Crippen LogP contribution in [0.2, 0.25) is 0 Å². The summed E-state index contributed by atoms with van der Waals surface area (Å²) in [5.74, 6) is 1.37. The average molecular weight is 312 g/mol. The number of nitrogens with one attached hydrogen (secondary N) is 2. The Morgan fingerprint density at radius 1 is 1.09 bits per heavy atom. The maximum absolute atomic E-state index is 12.4. The van der Waals surface area contributed by atoms with E-state index in [0.29, 0.717) is 12.1 Å². The van der Waals surface area contributed by atoms with E-state index in [-0.39, 0.29) is 5.91 Å². The third-order valence-corrected chi connectivity index (χ3v) is 4.03. The summed E-state index contributed by atoms with van der Waals surface area (Å²) in [7, 11) is 3.23. The Hall–Kier alpha value is -2.53. The van der Waals surface area contributed by atoms with Crippen LogP contribution >= 0.6 is 0 Å². The number of rotatable bonds is 5. The molecule has 0 saturated heterocycles. The van der Waals surface area contributed by atoms with Gasteiger partial charge in [0, 0.05) is 30.8 Å². The summed E-state index contributed by atoms with van der Waals surface area (Å²) in [6.45, 7) is 2.08. The monoisotopic (exact) mass is 312 g/mol. The van der Waals surface area contributed by atoms with Crippen molar-refractivity contribution in [2.45, 2.75) is 19.6 Å². The fourth-order valence-corrected chi connectivity index (χ4v) is 2.73. The third kappa shape index (κ3) is 3.29. The van der Waals surface area contributed by atoms with Gasteiger partial charge in [-0.1, -0.05) is 6.07 Å². The Balaban J connectivity index is 1.71. The maximum Gasteiger partial charge on any atom is 0.251 e. The van der Waals surface area contributed by atoms with Crippen molar-refractivity contribution in [3.8, 4) is 11.5 Å². The largest absolute Gasteiger partial charge is 0.497 e. The standard InChI is InChI=1S/C18H20N2O3/c1-22-16-5-6-17(23-2)15(8-16)11-20-18(21)12-3-4-13-9-19-10-14(13)7-12/h3-8,19H,9-11H2,1-2H3,(H,20,21). The fraction of sp³-hybridized carbons (Fsp3) is 0.278. The molecule has 23 heavy (non-hydrogen) atoms. The van der Waals surface area contributed by atoms with Gasteiger partial charge in [-0.05, 0) is 41.5 Å². The van der Waals surface area contributed by atoms with Crippen molar-refractivity contribution >= 4 is 5.91 Å². The normalized spacial score (nSPS) is 12.6. The minimum Gasteiger partial charge on any atom is -0.497 e. The molecule has 1 aliphatic heterocycles. The Kier molecular flexibility index (Phi) is 4.48. The van der Waals surface area contributed by atoms with Crippen LogP contribution in [0.3, 0.4) is 0 Å². The van der Waals surface area contributed by atoms with Gasteiger partial charge >= 0.3 is 0 Å². The molecule has 0 saturated carbocycles. The second-order valence-electron chi connectivity index (χ2n) is 5.45. The van der Waals surface area contributed by atoms with Gasteiger partial charge in [-0.2, -0.15) is 0 Å². The number of methoxy groups -OCH3 is 2. The van der Waals surface area contributed by atoms with Crippen molar-refractivity contribution in [1.82, 2.24) is 10.6 Å². The molecule has 2 aromatic rings. The number of hydrogen-bond acceptors (Lipinski definition) is 4. The van der Waals surface area contributed by atoms with Gasteiger partial charge in [-0.15, -0.1) is 0 Å². The van der Waals surface area contributed by atoms with E-state index < -0.39 is 0 Å². The van der Waals surface area contributed by atoms with E-state index in [1.165, 1.54) is 11.1 Å². The lowest BCUT2D eigenvalue weighted by Gasteiger charge is -2.12. The number of hydrogen-bond donors (Lipinski definition) is 2. The molecule has 0 bridgehead atoms. The maximum atomic E-state index is 12.4. The van der Waals surface area contributed by atoms with Crippen molar-refractivity contribution in [1.29, 1.82) is 0 Å². The molecule has 1 amide bonds. The third-order valence-electron chi connectivity index (χ3n) is 4.03. The van der Waals surface area contributed by atoms with Gasteiger partial charge in [0.25, 0.3) is 5.91 Å². The number of ether oxygens (including phenoxy) is 2. The molecule has 0 spiro atoms. The van der Waals surface area contributed by atoms with Crippen LogP contribution in [0, 0.1) is 0 Å². The molecule has 0 aliphatic carbocycles. The van der Waals surface area contributed by atoms with Crippen molar-refractivity contribution < 1.29 is 14.3 Å². The van der Waals surface area contributed by atoms with Gasteiger partial charge in [0.1, 0.15) is 11.5 Å². The number of carbonyl (C=O) groups excluding carboxylic acids is 1. The Bertz CT molecular complexity index is 728. The lowest BCUT2D eigenvalue weighted by Crippen LogP contribution is -2.23. The zero-order valence-electron chi connectivity index (χ0n) is 13.3. The molecule has 5 nitrogen and oxygen atoms in total. The highest BCUT2D eigenvalue weighted by molar-refractivity contribution is 5.94. The van der Waals surface area contributed by atoms with Crippen LogP contribution in [0.5, 0.6) is 11.5 Å². The topological polar surface area (TPSA) is 59.6 Å². The summed E-state index contributed by atoms with van der Waals surface area (Å²) in [5.41, 5.74) is 4.00. The highest BCUT2D eigenvalue weighted by atomic mass is 16.5. The van der Waals surface area contributed by atoms with Crippen LogP contribution in [0.4, 0.5) is 0 Å². The minimum absolute atomic E-state index is 0.0930. The Labute approximate surface area is 135 Å². The summed E-state index contributed by atoms with van der Waals surface area (Å²) in [6, 6.07) is 11.4. The van der Waals surface area contributed by atoms with Crippen LogP contribution in [0.1, 0.15) is 27.0 Å². The van der Waals surface area contributed by atoms with E-state index in [1.807, 2.05) is 36.4 Å². The molecule has 0 fully saturated rings. The Morgan fingerprint density at radius 3 is 2.70 bits per heavy atom. The molecule has 120 valence electrons. The van der Waals surface area contributed by atoms with Crippen molar-refractivity contribution in [2.75, 3.05) is 14.2 Å². The van der Waals surface area contributed by atoms with Crippen LogP contribution in [-0.4, -0.2) is 20.1 Å². The molecular formula is C18H20N2O3. The predicted molar refractivity (Wildman–Crippen MR) is 87.7 cm³/mol. The van der Waals surface area contributed by atoms with Gasteiger partial charge in [-0.3, -0.25) is 4.79 Å². The first-order valence-electron chi connectivity index (χ1n) is 7.53. The number of benzene rings is 2. The van der Waals surface area contributed by atoms with Crippen LogP contribution < -0.4 is 20.1 Å². The quantitative estimate of drug-likeness (QED) is 0.889. The molecule has 2 N–H and O–H groups in total. The molecule has 0 unspecified atom stereocenters. The van der Waals surface area contributed by atoms with E-state index in [1.54, 1.807) is 14.2 Å². The molecule has 1 heterocycles. The second kappa shape index (κ2) is 6.71. The Morgan fingerprint density at radius 2 is 1.91 bits per heavy atom. The first-order chi connectivity index (χ1) is 11.2. The summed E-state index contributed by atoms with van der Waals surface area (Å²) in [6.07, 6.45) is 0. The van der Waals surface area contributed by atoms with Crippen molar-refractivity contribution in [2.24, 2.45) is 0 Å². The zero-order chi connectivity index (χ0) is 16.2. The molecule has 0 radical (unpaired) electrons. The molecule has 5 heteroatoms. The minimum atomic E-state index is -0.0930. The van der Waals surface area contributed by atoms with Gasteiger partial charge in [0.2, 0.25) is 0 Å². The summed E-state index contributed by atoms with van der Waals surface area (Å²) in [4.78, 5) is 12.4. The zero-order valence-corrected chi connectivity index (χ0v) is 13.3. The lowest BCUT2D eigenvalue weighted by atomic mass is 10.1. The van der Waals surface area contributed by atoms with Crippen molar-refractivity contribution in [3.05, 3.63) is 58.7 Å². The molecule has 3 rings (SSSR count). The highest BCUT2D eigenvalue weighted by Crippen LogP contribution is 2.24. The number of carbonyl (C=O) groups is 1. The predicted octanol–water partition coefficient (Wildman–Crippen LogP) is 2.24. The lowest BCUT2D eigenvalue weighted by molar-refractivity contribution is 0.0950. The van der Waals surface area contributed by atoms with Gasteiger partial charge < -0.3 is 20.1 Å². The van der Waals surface area contributed by atoms with E-state index in [4.69, 9.17) is 9.47 Å². The summed E-state index contributed by atoms with van der Waals surface area (Å²) in [5, 5.41) is 6.21. The van der Waals surface area contributed by atoms with Gasteiger partial charge in [0.15, 0.2) is 0 Å². The SMILES string of the molecule is COc1ccc(OC)c(CNC(=O)c2ccc3c(c2)CNC3)c1. The van der Waals surface area contributed by atoms with Crippen LogP contribution in [-0.2, 0) is 19.6 Å². The number of amides is 1. The van der Waals surface area contributed by atoms with E-state index in [2.05, 4.69) is 10.6 Å². The highest BCUT2D eigenvalue weighted by Gasteiger charge is 2.14. The van der Waals surface area contributed by atoms with Crippen LogP contribution in [0.25, 0.3) is 0 Å². The fourth-order valence-electron chi connectivity index (χ4n) is 2.73. The first kappa shape index (κ1) is 15.4. The molecule has 1 aliphatic rings. The van der Waals surface area contributed by atoms with Gasteiger partial charge in [-0.25, -0.2) is 0 Å². The molecule has 2 aromatic carbocycles. The van der Waals surface area contributed by atoms with Crippen LogP contribution in [0.15, 0.2) is 36.4 Å². The summed E-state index contributed by atoms with van der Waals surface area (Å²) >= 11 is 0. The molecule has 0 aromatic heterocycles. The average Bonchev–Trinajstić information content (AvgIpc) is 3.06.